The van der Waals surface area contributed by atoms with Crippen LogP contribution in [0.25, 0.3) is 111 Å². The second kappa shape index (κ2) is 15.5. The highest BCUT2D eigenvalue weighted by Crippen LogP contribution is 2.56. The highest BCUT2D eigenvalue weighted by atomic mass is 16.3. The van der Waals surface area contributed by atoms with E-state index in [1.807, 2.05) is 42.5 Å². The first-order chi connectivity index (χ1) is 34.2. The topological polar surface area (TPSA) is 52.1 Å². The molecule has 4 heteroatoms. The molecule has 14 rings (SSSR count). The van der Waals surface area contributed by atoms with E-state index in [1.165, 1.54) is 33.4 Å². The van der Waals surface area contributed by atoms with Gasteiger partial charge in [0.05, 0.1) is 16.8 Å². The SMILES string of the molecule is c1ccc(-c2nc(-c3ccc(-c4ccc5oc6ccccc6c5c4)c(-c4ccc5oc6ccccc6c5c4)c3)cc(-c3ccc4c(c3)-c3ccccc3C4(c3ccccc3)c3ccccc3)n2)cc1. The second-order valence-corrected chi connectivity index (χ2v) is 18.0. The molecule has 0 N–H and O–H groups in total. The Hall–Kier alpha value is -9.12. The van der Waals surface area contributed by atoms with E-state index >= 15 is 0 Å². The second-order valence-electron chi connectivity index (χ2n) is 18.0. The molecule has 0 saturated carbocycles. The molecule has 0 amide bonds. The zero-order valence-electron chi connectivity index (χ0n) is 37.3. The van der Waals surface area contributed by atoms with Crippen LogP contribution in [0.15, 0.2) is 251 Å². The zero-order chi connectivity index (χ0) is 45.5. The van der Waals surface area contributed by atoms with E-state index in [0.717, 1.165) is 94.2 Å². The summed E-state index contributed by atoms with van der Waals surface area (Å²) in [4.78, 5) is 10.7. The fourth-order valence-electron chi connectivity index (χ4n) is 11.0. The van der Waals surface area contributed by atoms with Gasteiger partial charge in [-0.1, -0.05) is 188 Å². The molecule has 1 aliphatic rings. The van der Waals surface area contributed by atoms with Crippen molar-refractivity contribution < 1.29 is 8.83 Å². The normalized spacial score (nSPS) is 12.8. The van der Waals surface area contributed by atoms with Gasteiger partial charge in [0.25, 0.3) is 0 Å². The Labute approximate surface area is 398 Å². The summed E-state index contributed by atoms with van der Waals surface area (Å²) in [6, 6.07) is 86.5. The van der Waals surface area contributed by atoms with E-state index in [1.54, 1.807) is 0 Å². The summed E-state index contributed by atoms with van der Waals surface area (Å²) >= 11 is 0. The van der Waals surface area contributed by atoms with Gasteiger partial charge in [-0.05, 0) is 110 Å². The lowest BCUT2D eigenvalue weighted by Crippen LogP contribution is -2.28. The molecule has 69 heavy (non-hydrogen) atoms. The van der Waals surface area contributed by atoms with E-state index in [4.69, 9.17) is 18.8 Å². The summed E-state index contributed by atoms with van der Waals surface area (Å²) in [5.74, 6) is 0.668. The summed E-state index contributed by atoms with van der Waals surface area (Å²) in [7, 11) is 0. The molecule has 0 atom stereocenters. The molecule has 13 aromatic rings. The molecule has 0 saturated heterocycles. The number of fused-ring (bicyclic) bond motifs is 9. The van der Waals surface area contributed by atoms with Crippen molar-refractivity contribution in [1.82, 2.24) is 9.97 Å². The van der Waals surface area contributed by atoms with Gasteiger partial charge in [0.2, 0.25) is 0 Å². The largest absolute Gasteiger partial charge is 0.456 e. The third-order valence-electron chi connectivity index (χ3n) is 14.2. The summed E-state index contributed by atoms with van der Waals surface area (Å²) in [5.41, 5.74) is 19.5. The zero-order valence-corrected chi connectivity index (χ0v) is 37.3. The van der Waals surface area contributed by atoms with Crippen LogP contribution in [0, 0.1) is 0 Å². The van der Waals surface area contributed by atoms with Crippen molar-refractivity contribution in [2.45, 2.75) is 5.41 Å². The Kier molecular flexibility index (Phi) is 8.77. The van der Waals surface area contributed by atoms with Crippen molar-refractivity contribution >= 4 is 43.9 Å². The van der Waals surface area contributed by atoms with Crippen LogP contribution in [0.3, 0.4) is 0 Å². The molecule has 0 aliphatic heterocycles. The van der Waals surface area contributed by atoms with Gasteiger partial charge in [-0.25, -0.2) is 9.97 Å². The van der Waals surface area contributed by atoms with E-state index in [2.05, 4.69) is 200 Å². The van der Waals surface area contributed by atoms with Gasteiger partial charge >= 0.3 is 0 Å². The molecule has 0 fully saturated rings. The molecule has 4 nitrogen and oxygen atoms in total. The van der Waals surface area contributed by atoms with Gasteiger partial charge in [0, 0.05) is 38.2 Å². The molecule has 0 radical (unpaired) electrons. The molecule has 3 heterocycles. The highest BCUT2D eigenvalue weighted by molar-refractivity contribution is 6.09. The van der Waals surface area contributed by atoms with Crippen LogP contribution in [0.2, 0.25) is 0 Å². The Bertz CT molecular complexity index is 4090. The monoisotopic (exact) mass is 880 g/mol. The molecule has 10 aromatic carbocycles. The number of benzene rings is 10. The van der Waals surface area contributed by atoms with Crippen LogP contribution in [0.4, 0.5) is 0 Å². The molecular weight excluding hydrogens is 841 g/mol. The Balaban J connectivity index is 0.972. The van der Waals surface area contributed by atoms with Crippen LogP contribution in [0.1, 0.15) is 22.3 Å². The molecule has 1 aliphatic carbocycles. The number of furan rings is 2. The van der Waals surface area contributed by atoms with Crippen LogP contribution >= 0.6 is 0 Å². The quantitative estimate of drug-likeness (QED) is 0.160. The standard InChI is InChI=1S/C65H40N2O2/c1-4-16-41(17-5-1)64-66-58(40-59(67-64)45-29-33-57-53(39-45)49-22-10-13-25-56(49)65(57,46-18-6-2-7-19-46)47-20-8-3-9-21-47)44-28-32-48(42-30-34-62-54(36-42)50-23-11-14-26-60(50)68-62)52(38-44)43-31-35-63-55(37-43)51-24-12-15-27-61(51)69-63/h1-40H. The van der Waals surface area contributed by atoms with Gasteiger partial charge in [0.1, 0.15) is 22.3 Å². The van der Waals surface area contributed by atoms with Crippen molar-refractivity contribution in [2.24, 2.45) is 0 Å². The minimum Gasteiger partial charge on any atom is -0.456 e. The first-order valence-corrected chi connectivity index (χ1v) is 23.5. The van der Waals surface area contributed by atoms with Gasteiger partial charge < -0.3 is 8.83 Å². The van der Waals surface area contributed by atoms with Crippen LogP contribution in [-0.4, -0.2) is 9.97 Å². The van der Waals surface area contributed by atoms with Crippen LogP contribution in [0.5, 0.6) is 0 Å². The maximum absolute atomic E-state index is 6.32. The summed E-state index contributed by atoms with van der Waals surface area (Å²) in [6.45, 7) is 0. The van der Waals surface area contributed by atoms with Crippen molar-refractivity contribution in [3.63, 3.8) is 0 Å². The maximum Gasteiger partial charge on any atom is 0.160 e. The summed E-state index contributed by atoms with van der Waals surface area (Å²) in [6.07, 6.45) is 0. The van der Waals surface area contributed by atoms with E-state index < -0.39 is 5.41 Å². The number of nitrogens with zero attached hydrogens (tertiary/aromatic N) is 2. The van der Waals surface area contributed by atoms with Gasteiger partial charge in [0.15, 0.2) is 5.82 Å². The number of rotatable bonds is 7. The summed E-state index contributed by atoms with van der Waals surface area (Å²) in [5, 5.41) is 4.35. The molecule has 0 bridgehead atoms. The number of hydrogen-bond acceptors (Lipinski definition) is 4. The third kappa shape index (κ3) is 6.16. The van der Waals surface area contributed by atoms with E-state index in [-0.39, 0.29) is 0 Å². The molecule has 3 aromatic heterocycles. The Morgan fingerprint density at radius 3 is 1.36 bits per heavy atom. The lowest BCUT2D eigenvalue weighted by Gasteiger charge is -2.33. The van der Waals surface area contributed by atoms with Gasteiger partial charge in [-0.2, -0.15) is 0 Å². The first-order valence-electron chi connectivity index (χ1n) is 23.5. The average molecular weight is 881 g/mol. The number of para-hydroxylation sites is 2. The third-order valence-corrected chi connectivity index (χ3v) is 14.2. The summed E-state index contributed by atoms with van der Waals surface area (Å²) < 4.78 is 12.6. The molecule has 322 valence electrons. The van der Waals surface area contributed by atoms with Crippen molar-refractivity contribution in [3.05, 3.63) is 265 Å². The fourth-order valence-corrected chi connectivity index (χ4v) is 11.0. The Morgan fingerprint density at radius 1 is 0.275 bits per heavy atom. The van der Waals surface area contributed by atoms with Crippen LogP contribution in [-0.2, 0) is 5.41 Å². The number of aromatic nitrogens is 2. The molecule has 0 spiro atoms. The lowest BCUT2D eigenvalue weighted by molar-refractivity contribution is 0.668. The van der Waals surface area contributed by atoms with Gasteiger partial charge in [-0.3, -0.25) is 0 Å². The first kappa shape index (κ1) is 39.1. The predicted molar refractivity (Wildman–Crippen MR) is 281 cm³/mol. The smallest absolute Gasteiger partial charge is 0.160 e. The minimum atomic E-state index is -0.488. The van der Waals surface area contributed by atoms with Crippen LogP contribution < -0.4 is 0 Å². The maximum atomic E-state index is 6.32. The Morgan fingerprint density at radius 2 is 0.739 bits per heavy atom. The minimum absolute atomic E-state index is 0.488. The molecular formula is C65H40N2O2. The van der Waals surface area contributed by atoms with Gasteiger partial charge in [-0.15, -0.1) is 0 Å². The van der Waals surface area contributed by atoms with Crippen molar-refractivity contribution in [3.8, 4) is 67.3 Å². The van der Waals surface area contributed by atoms with E-state index in [9.17, 15) is 0 Å². The van der Waals surface area contributed by atoms with E-state index in [0.29, 0.717) is 5.82 Å². The fraction of sp³-hybridized carbons (Fsp3) is 0.0154. The lowest BCUT2D eigenvalue weighted by atomic mass is 9.67. The highest BCUT2D eigenvalue weighted by Gasteiger charge is 2.46. The predicted octanol–water partition coefficient (Wildman–Crippen LogP) is 17.0. The molecule has 0 unspecified atom stereocenters. The average Bonchev–Trinajstić information content (AvgIpc) is 4.09. The van der Waals surface area contributed by atoms with Crippen molar-refractivity contribution in [1.29, 1.82) is 0 Å². The number of hydrogen-bond donors (Lipinski definition) is 0. The van der Waals surface area contributed by atoms with Crippen molar-refractivity contribution in [2.75, 3.05) is 0 Å².